The number of rotatable bonds is 4. The number of nitrogens with one attached hydrogen (secondary N) is 1. The van der Waals surface area contributed by atoms with Gasteiger partial charge in [0, 0.05) is 17.9 Å². The fraction of sp³-hybridized carbons (Fsp3) is 0.263. The van der Waals surface area contributed by atoms with Crippen molar-refractivity contribution in [2.45, 2.75) is 18.9 Å². The van der Waals surface area contributed by atoms with E-state index in [1.54, 1.807) is 24.3 Å². The van der Waals surface area contributed by atoms with Crippen molar-refractivity contribution in [1.29, 1.82) is 0 Å². The Hall–Kier alpha value is -3.42. The first-order chi connectivity index (χ1) is 13.2. The number of hydrogen-bond acceptors (Lipinski definition) is 6. The summed E-state index contributed by atoms with van der Waals surface area (Å²) in [5.74, 6) is 3.05. The lowest BCUT2D eigenvalue weighted by Crippen LogP contribution is -2.25. The summed E-state index contributed by atoms with van der Waals surface area (Å²) in [5, 5.41) is 7.39. The number of nitrogens with zero attached hydrogens (tertiary/aromatic N) is 2. The van der Waals surface area contributed by atoms with Crippen molar-refractivity contribution in [1.82, 2.24) is 9.78 Å². The largest absolute Gasteiger partial charge is 0.493 e. The molecule has 2 aliphatic heterocycles. The maximum atomic E-state index is 12.4. The Kier molecular flexibility index (Phi) is 3.56. The highest BCUT2D eigenvalue weighted by Crippen LogP contribution is 2.46. The van der Waals surface area contributed by atoms with Crippen LogP contribution in [0.15, 0.2) is 41.1 Å². The molecular weight excluding hydrogens is 350 g/mol. The second-order valence-electron chi connectivity index (χ2n) is 6.45. The lowest BCUT2D eigenvalue weighted by molar-refractivity contribution is -0.116. The molecule has 0 spiro atoms. The molecule has 1 aromatic carbocycles. The van der Waals surface area contributed by atoms with Gasteiger partial charge in [-0.05, 0) is 29.8 Å². The van der Waals surface area contributed by atoms with Gasteiger partial charge in [0.2, 0.25) is 18.4 Å². The highest BCUT2D eigenvalue weighted by atomic mass is 16.7. The Morgan fingerprint density at radius 1 is 1.37 bits per heavy atom. The molecule has 0 fully saturated rings. The van der Waals surface area contributed by atoms with E-state index in [4.69, 9.17) is 18.6 Å². The zero-order valence-electron chi connectivity index (χ0n) is 14.6. The van der Waals surface area contributed by atoms with Crippen LogP contribution in [0.4, 0.5) is 5.82 Å². The van der Waals surface area contributed by atoms with Crippen molar-refractivity contribution in [2.24, 2.45) is 0 Å². The molecule has 5 rings (SSSR count). The average molecular weight is 367 g/mol. The molecule has 0 saturated heterocycles. The maximum Gasteiger partial charge on any atom is 0.231 e. The summed E-state index contributed by atoms with van der Waals surface area (Å²) in [6.07, 6.45) is 3.73. The lowest BCUT2D eigenvalue weighted by Gasteiger charge is -2.24. The summed E-state index contributed by atoms with van der Waals surface area (Å²) in [6.45, 7) is 0.604. The molecule has 8 heteroatoms. The number of aromatic nitrogens is 2. The van der Waals surface area contributed by atoms with E-state index in [-0.39, 0.29) is 18.6 Å². The molecule has 0 unspecified atom stereocenters. The van der Waals surface area contributed by atoms with Gasteiger partial charge >= 0.3 is 0 Å². The molecule has 3 aromatic rings. The molecule has 1 amide bonds. The quantitative estimate of drug-likeness (QED) is 0.763. The van der Waals surface area contributed by atoms with Crippen LogP contribution in [0.2, 0.25) is 0 Å². The third-order valence-corrected chi connectivity index (χ3v) is 4.86. The van der Waals surface area contributed by atoms with Gasteiger partial charge in [-0.15, -0.1) is 0 Å². The molecule has 0 aliphatic carbocycles. The van der Waals surface area contributed by atoms with Gasteiger partial charge in [0.15, 0.2) is 11.5 Å². The molecule has 8 nitrogen and oxygen atoms in total. The Balaban J connectivity index is 1.56. The van der Waals surface area contributed by atoms with Crippen molar-refractivity contribution >= 4 is 11.7 Å². The van der Waals surface area contributed by atoms with Gasteiger partial charge in [-0.3, -0.25) is 4.79 Å². The van der Waals surface area contributed by atoms with Gasteiger partial charge < -0.3 is 23.9 Å². The van der Waals surface area contributed by atoms with E-state index in [2.05, 4.69) is 10.4 Å². The summed E-state index contributed by atoms with van der Waals surface area (Å²) in [4.78, 5) is 12.4. The fourth-order valence-electron chi connectivity index (χ4n) is 3.59. The molecule has 1 atom stereocenters. The maximum absolute atomic E-state index is 12.4. The predicted octanol–water partition coefficient (Wildman–Crippen LogP) is 2.74. The van der Waals surface area contributed by atoms with Crippen LogP contribution in [-0.2, 0) is 11.3 Å². The summed E-state index contributed by atoms with van der Waals surface area (Å²) in [6, 6.07) is 7.50. The molecule has 27 heavy (non-hydrogen) atoms. The number of benzene rings is 1. The number of methoxy groups -OCH3 is 1. The van der Waals surface area contributed by atoms with E-state index in [1.165, 1.54) is 0 Å². The average Bonchev–Trinajstić information content (AvgIpc) is 3.42. The molecule has 4 heterocycles. The lowest BCUT2D eigenvalue weighted by atomic mass is 9.87. The standard InChI is InChI=1S/C19H17N3O5/c1-24-15-5-11(6-16-18(15)27-10-26-16)13-7-17(23)21-19-14(13)8-20-22(19)9-12-3-2-4-25-12/h2-6,8,13H,7,9-10H2,1H3,(H,21,23)/t13-/m1/s1. The van der Waals surface area contributed by atoms with E-state index in [0.29, 0.717) is 36.0 Å². The molecule has 0 bridgehead atoms. The monoisotopic (exact) mass is 367 g/mol. The van der Waals surface area contributed by atoms with Crippen LogP contribution in [-0.4, -0.2) is 29.6 Å². The van der Waals surface area contributed by atoms with Crippen LogP contribution in [0.25, 0.3) is 0 Å². The third-order valence-electron chi connectivity index (χ3n) is 4.86. The molecule has 138 valence electrons. The normalized spacial score (nSPS) is 17.5. The van der Waals surface area contributed by atoms with Crippen molar-refractivity contribution in [3.05, 3.63) is 53.6 Å². The second-order valence-corrected chi connectivity index (χ2v) is 6.45. The molecule has 0 radical (unpaired) electrons. The number of anilines is 1. The molecular formula is C19H17N3O5. The van der Waals surface area contributed by atoms with Gasteiger partial charge in [-0.1, -0.05) is 0 Å². The van der Waals surface area contributed by atoms with E-state index in [0.717, 1.165) is 16.9 Å². The van der Waals surface area contributed by atoms with Crippen LogP contribution < -0.4 is 19.5 Å². The molecule has 0 saturated carbocycles. The Bertz CT molecular complexity index is 1010. The Morgan fingerprint density at radius 3 is 3.11 bits per heavy atom. The van der Waals surface area contributed by atoms with Crippen molar-refractivity contribution in [3.8, 4) is 17.2 Å². The third kappa shape index (κ3) is 2.61. The van der Waals surface area contributed by atoms with Crippen LogP contribution in [0.1, 0.15) is 29.2 Å². The summed E-state index contributed by atoms with van der Waals surface area (Å²) in [5.41, 5.74) is 1.87. The summed E-state index contributed by atoms with van der Waals surface area (Å²) in [7, 11) is 1.58. The first kappa shape index (κ1) is 15.8. The first-order valence-corrected chi connectivity index (χ1v) is 8.58. The zero-order chi connectivity index (χ0) is 18.4. The van der Waals surface area contributed by atoms with Gasteiger partial charge in [0.05, 0.1) is 19.6 Å². The zero-order valence-corrected chi connectivity index (χ0v) is 14.6. The van der Waals surface area contributed by atoms with Gasteiger partial charge in [-0.2, -0.15) is 5.10 Å². The smallest absolute Gasteiger partial charge is 0.231 e. The van der Waals surface area contributed by atoms with E-state index >= 15 is 0 Å². The summed E-state index contributed by atoms with van der Waals surface area (Å²) < 4.78 is 23.6. The van der Waals surface area contributed by atoms with E-state index in [9.17, 15) is 4.79 Å². The highest BCUT2D eigenvalue weighted by Gasteiger charge is 2.32. The second kappa shape index (κ2) is 6.08. The van der Waals surface area contributed by atoms with Crippen LogP contribution in [0, 0.1) is 0 Å². The van der Waals surface area contributed by atoms with Crippen LogP contribution >= 0.6 is 0 Å². The number of furan rings is 1. The molecule has 2 aliphatic rings. The number of carbonyl (C=O) groups is 1. The van der Waals surface area contributed by atoms with E-state index in [1.807, 2.05) is 24.3 Å². The van der Waals surface area contributed by atoms with Crippen molar-refractivity contribution < 1.29 is 23.4 Å². The number of fused-ring (bicyclic) bond motifs is 2. The molecule has 2 aromatic heterocycles. The highest BCUT2D eigenvalue weighted by molar-refractivity contribution is 5.94. The Labute approximate surface area is 154 Å². The van der Waals surface area contributed by atoms with Crippen molar-refractivity contribution in [3.63, 3.8) is 0 Å². The minimum absolute atomic E-state index is 0.0645. The number of carbonyl (C=O) groups excluding carboxylic acids is 1. The van der Waals surface area contributed by atoms with Crippen LogP contribution in [0.3, 0.4) is 0 Å². The van der Waals surface area contributed by atoms with Gasteiger partial charge in [-0.25, -0.2) is 4.68 Å². The minimum Gasteiger partial charge on any atom is -0.493 e. The number of ether oxygens (including phenoxy) is 3. The molecule has 1 N–H and O–H groups in total. The summed E-state index contributed by atoms with van der Waals surface area (Å²) >= 11 is 0. The predicted molar refractivity (Wildman–Crippen MR) is 94.2 cm³/mol. The number of hydrogen-bond donors (Lipinski definition) is 1. The number of amides is 1. The topological polar surface area (TPSA) is 87.8 Å². The minimum atomic E-state index is -0.150. The fourth-order valence-corrected chi connectivity index (χ4v) is 3.59. The van der Waals surface area contributed by atoms with Gasteiger partial charge in [0.25, 0.3) is 0 Å². The van der Waals surface area contributed by atoms with Gasteiger partial charge in [0.1, 0.15) is 18.1 Å². The van der Waals surface area contributed by atoms with Crippen molar-refractivity contribution in [2.75, 3.05) is 19.2 Å². The van der Waals surface area contributed by atoms with E-state index < -0.39 is 0 Å². The Morgan fingerprint density at radius 2 is 2.30 bits per heavy atom. The van der Waals surface area contributed by atoms with Crippen LogP contribution in [0.5, 0.6) is 17.2 Å². The first-order valence-electron chi connectivity index (χ1n) is 8.58. The SMILES string of the molecule is COc1cc([C@H]2CC(=O)Nc3c2cnn3Cc2ccco2)cc2c1OCO2.